The number of sulfonamides is 1. The average Bonchev–Trinajstić information content (AvgIpc) is 2.29. The summed E-state index contributed by atoms with van der Waals surface area (Å²) < 4.78 is 99.6. The number of rotatable bonds is 4. The van der Waals surface area contributed by atoms with Crippen LogP contribution in [0.15, 0.2) is 23.1 Å². The maximum Gasteiger partial charge on any atom is 0.534 e. The summed E-state index contributed by atoms with van der Waals surface area (Å²) >= 11 is 0. The van der Waals surface area contributed by atoms with Crippen LogP contribution in [0.3, 0.4) is 0 Å². The third-order valence-electron chi connectivity index (χ3n) is 2.15. The van der Waals surface area contributed by atoms with E-state index in [1.807, 2.05) is 0 Å². The van der Waals surface area contributed by atoms with E-state index in [9.17, 15) is 34.4 Å². The van der Waals surface area contributed by atoms with Crippen LogP contribution >= 0.6 is 0 Å². The Kier molecular flexibility index (Phi) is 4.56. The van der Waals surface area contributed by atoms with Gasteiger partial charge in [0.05, 0.1) is 0 Å². The molecule has 0 saturated carbocycles. The predicted octanol–water partition coefficient (Wildman–Crippen LogP) is 1.30. The molecule has 0 atom stereocenters. The van der Waals surface area contributed by atoms with Crippen molar-refractivity contribution in [3.05, 3.63) is 24.0 Å². The van der Waals surface area contributed by atoms with Crippen molar-refractivity contribution < 1.29 is 38.6 Å². The SMILES string of the molecule is CN(C)S(=O)(=O)c1cc(F)ccc1OS(=O)(=O)C(F)(F)F. The number of halogens is 4. The average molecular weight is 351 g/mol. The number of hydrogen-bond donors (Lipinski definition) is 0. The summed E-state index contributed by atoms with van der Waals surface area (Å²) in [6.07, 6.45) is 0. The molecule has 1 rings (SSSR count). The molecule has 0 spiro atoms. The van der Waals surface area contributed by atoms with Crippen LogP contribution in [0.2, 0.25) is 0 Å². The molecule has 0 N–H and O–H groups in total. The van der Waals surface area contributed by atoms with Gasteiger partial charge in [0, 0.05) is 14.1 Å². The fraction of sp³-hybridized carbons (Fsp3) is 0.333. The van der Waals surface area contributed by atoms with Gasteiger partial charge in [0.2, 0.25) is 10.0 Å². The first-order chi connectivity index (χ1) is 9.29. The first-order valence-corrected chi connectivity index (χ1v) is 7.86. The van der Waals surface area contributed by atoms with Crippen LogP contribution in [0.1, 0.15) is 0 Å². The van der Waals surface area contributed by atoms with Crippen LogP contribution in [0.5, 0.6) is 5.75 Å². The number of benzene rings is 1. The van der Waals surface area contributed by atoms with Gasteiger partial charge >= 0.3 is 15.6 Å². The summed E-state index contributed by atoms with van der Waals surface area (Å²) in [5.41, 5.74) is -5.75. The Morgan fingerprint density at radius 2 is 1.62 bits per heavy atom. The monoisotopic (exact) mass is 351 g/mol. The predicted molar refractivity (Wildman–Crippen MR) is 62.9 cm³/mol. The lowest BCUT2D eigenvalue weighted by atomic mass is 10.3. The van der Waals surface area contributed by atoms with Gasteiger partial charge in [-0.1, -0.05) is 0 Å². The molecule has 0 aliphatic rings. The highest BCUT2D eigenvalue weighted by Crippen LogP contribution is 2.32. The number of nitrogens with zero attached hydrogens (tertiary/aromatic N) is 1. The summed E-state index contributed by atoms with van der Waals surface area (Å²) in [7, 11) is -8.43. The fourth-order valence-corrected chi connectivity index (χ4v) is 2.66. The summed E-state index contributed by atoms with van der Waals surface area (Å²) in [6, 6.07) is 1.40. The van der Waals surface area contributed by atoms with Crippen LogP contribution in [0, 0.1) is 5.82 Å². The van der Waals surface area contributed by atoms with Crippen molar-refractivity contribution in [2.24, 2.45) is 0 Å². The van der Waals surface area contributed by atoms with Crippen molar-refractivity contribution in [1.82, 2.24) is 4.31 Å². The molecular formula is C9H9F4NO5S2. The topological polar surface area (TPSA) is 80.8 Å². The molecule has 0 unspecified atom stereocenters. The summed E-state index contributed by atoms with van der Waals surface area (Å²) in [5.74, 6) is -2.24. The van der Waals surface area contributed by atoms with E-state index >= 15 is 0 Å². The van der Waals surface area contributed by atoms with E-state index in [1.165, 1.54) is 0 Å². The lowest BCUT2D eigenvalue weighted by molar-refractivity contribution is -0.0500. The van der Waals surface area contributed by atoms with E-state index in [1.54, 1.807) is 0 Å². The van der Waals surface area contributed by atoms with Crippen molar-refractivity contribution >= 4 is 20.1 Å². The Morgan fingerprint density at radius 1 is 1.10 bits per heavy atom. The Balaban J connectivity index is 3.48. The highest BCUT2D eigenvalue weighted by Gasteiger charge is 2.49. The summed E-state index contributed by atoms with van der Waals surface area (Å²) in [5, 5.41) is 0. The molecule has 0 radical (unpaired) electrons. The fourth-order valence-electron chi connectivity index (χ4n) is 1.11. The molecule has 1 aromatic carbocycles. The van der Waals surface area contributed by atoms with E-state index in [4.69, 9.17) is 0 Å². The second kappa shape index (κ2) is 5.42. The van der Waals surface area contributed by atoms with E-state index < -0.39 is 42.1 Å². The molecule has 0 bridgehead atoms. The van der Waals surface area contributed by atoms with Gasteiger partial charge in [-0.3, -0.25) is 0 Å². The smallest absolute Gasteiger partial charge is 0.375 e. The van der Waals surface area contributed by atoms with Crippen LogP contribution in [-0.2, 0) is 20.1 Å². The van der Waals surface area contributed by atoms with Crippen molar-refractivity contribution in [3.63, 3.8) is 0 Å². The third-order valence-corrected chi connectivity index (χ3v) is 4.95. The molecule has 0 amide bonds. The molecule has 6 nitrogen and oxygen atoms in total. The quantitative estimate of drug-likeness (QED) is 0.464. The van der Waals surface area contributed by atoms with Crippen molar-refractivity contribution in [3.8, 4) is 5.75 Å². The molecule has 0 aromatic heterocycles. The van der Waals surface area contributed by atoms with E-state index in [0.29, 0.717) is 22.5 Å². The van der Waals surface area contributed by atoms with Gasteiger partial charge in [-0.05, 0) is 18.2 Å². The molecular weight excluding hydrogens is 342 g/mol. The molecule has 0 fully saturated rings. The van der Waals surface area contributed by atoms with Crippen LogP contribution in [0.4, 0.5) is 17.6 Å². The second-order valence-corrected chi connectivity index (χ2v) is 7.52. The first kappa shape index (κ1) is 17.7. The first-order valence-electron chi connectivity index (χ1n) is 5.02. The molecule has 0 saturated heterocycles. The maximum atomic E-state index is 13.1. The Bertz CT molecular complexity index is 740. The standard InChI is InChI=1S/C9H9F4NO5S2/c1-14(2)20(15,16)8-5-6(10)3-4-7(8)19-21(17,18)9(11,12)13/h3-5H,1-2H3. The van der Waals surface area contributed by atoms with Crippen LogP contribution < -0.4 is 4.18 Å². The Hall–Kier alpha value is -1.40. The van der Waals surface area contributed by atoms with Gasteiger partial charge in [-0.15, -0.1) is 0 Å². The maximum absolute atomic E-state index is 13.1. The molecule has 0 aliphatic heterocycles. The largest absolute Gasteiger partial charge is 0.534 e. The van der Waals surface area contributed by atoms with Gasteiger partial charge in [0.25, 0.3) is 0 Å². The van der Waals surface area contributed by atoms with Gasteiger partial charge in [0.1, 0.15) is 10.7 Å². The van der Waals surface area contributed by atoms with Gasteiger partial charge in [-0.25, -0.2) is 17.1 Å². The van der Waals surface area contributed by atoms with Crippen molar-refractivity contribution in [2.45, 2.75) is 10.4 Å². The lowest BCUT2D eigenvalue weighted by Crippen LogP contribution is -2.29. The minimum absolute atomic E-state index is 0.358. The van der Waals surface area contributed by atoms with Crippen LogP contribution in [-0.4, -0.2) is 40.7 Å². The van der Waals surface area contributed by atoms with E-state index in [0.717, 1.165) is 14.1 Å². The van der Waals surface area contributed by atoms with Crippen LogP contribution in [0.25, 0.3) is 0 Å². The summed E-state index contributed by atoms with van der Waals surface area (Å²) in [4.78, 5) is -1.04. The zero-order valence-electron chi connectivity index (χ0n) is 10.5. The van der Waals surface area contributed by atoms with E-state index in [2.05, 4.69) is 4.18 Å². The third kappa shape index (κ3) is 3.63. The van der Waals surface area contributed by atoms with E-state index in [-0.39, 0.29) is 0 Å². The highest BCUT2D eigenvalue weighted by atomic mass is 32.2. The lowest BCUT2D eigenvalue weighted by Gasteiger charge is -2.16. The summed E-state index contributed by atoms with van der Waals surface area (Å²) in [6.45, 7) is 0. The van der Waals surface area contributed by atoms with Crippen molar-refractivity contribution in [1.29, 1.82) is 0 Å². The van der Waals surface area contributed by atoms with Gasteiger partial charge < -0.3 is 4.18 Å². The van der Waals surface area contributed by atoms with Crippen molar-refractivity contribution in [2.75, 3.05) is 14.1 Å². The normalized spacial score (nSPS) is 13.5. The van der Waals surface area contributed by atoms with Gasteiger partial charge in [0.15, 0.2) is 5.75 Å². The molecule has 21 heavy (non-hydrogen) atoms. The zero-order valence-corrected chi connectivity index (χ0v) is 12.2. The minimum atomic E-state index is -6.08. The minimum Gasteiger partial charge on any atom is -0.375 e. The Morgan fingerprint density at radius 3 is 2.05 bits per heavy atom. The molecule has 120 valence electrons. The molecule has 12 heteroatoms. The molecule has 0 aliphatic carbocycles. The Labute approximate surface area is 118 Å². The molecule has 0 heterocycles. The zero-order chi connectivity index (χ0) is 16.6. The van der Waals surface area contributed by atoms with Gasteiger partial charge in [-0.2, -0.15) is 21.6 Å². The number of alkyl halides is 3. The molecule has 1 aromatic rings. The highest BCUT2D eigenvalue weighted by molar-refractivity contribution is 7.89. The second-order valence-electron chi connectivity index (χ2n) is 3.86. The number of hydrogen-bond acceptors (Lipinski definition) is 5.